The Labute approximate surface area is 364 Å². The highest BCUT2D eigenvalue weighted by atomic mass is 35.5. The normalized spacial score (nSPS) is 11.3. The number of aromatic nitrogens is 3. The first-order valence-corrected chi connectivity index (χ1v) is 21.3. The second-order valence-electron chi connectivity index (χ2n) is 10.6. The third-order valence-corrected chi connectivity index (χ3v) is 8.33. The van der Waals surface area contributed by atoms with Crippen molar-refractivity contribution in [2.24, 2.45) is 5.73 Å². The molecule has 0 spiro atoms. The van der Waals surface area contributed by atoms with Crippen molar-refractivity contribution >= 4 is 34.1 Å². The summed E-state index contributed by atoms with van der Waals surface area (Å²) in [6, 6.07) is 22.4. The summed E-state index contributed by atoms with van der Waals surface area (Å²) >= 11 is 12.6. The average Bonchev–Trinajstić information content (AvgIpc) is 3.68. The summed E-state index contributed by atoms with van der Waals surface area (Å²) in [5, 5.41) is 14.8. The molecule has 4 N–H and O–H groups in total. The molecular formula is C49H77Cl2N5O2. The summed E-state index contributed by atoms with van der Waals surface area (Å²) in [7, 11) is 1.50. The summed E-state index contributed by atoms with van der Waals surface area (Å²) < 4.78 is 6.02. The summed E-state index contributed by atoms with van der Waals surface area (Å²) in [4.78, 5) is 13.7. The van der Waals surface area contributed by atoms with Crippen molar-refractivity contribution in [3.8, 4) is 17.0 Å². The van der Waals surface area contributed by atoms with Crippen molar-refractivity contribution in [1.82, 2.24) is 20.3 Å². The lowest BCUT2D eigenvalue weighted by Crippen LogP contribution is -2.24. The number of aliphatic hydroxyl groups excluding tert-OH is 1. The lowest BCUT2D eigenvalue weighted by atomic mass is 9.91. The van der Waals surface area contributed by atoms with E-state index in [2.05, 4.69) is 91.5 Å². The topological polar surface area (TPSA) is 106 Å². The van der Waals surface area contributed by atoms with Gasteiger partial charge in [-0.1, -0.05) is 141 Å². The van der Waals surface area contributed by atoms with Crippen LogP contribution in [0.1, 0.15) is 122 Å². The fraction of sp³-hybridized carbons (Fsp3) is 0.408. The Morgan fingerprint density at radius 3 is 1.91 bits per heavy atom. The van der Waals surface area contributed by atoms with Gasteiger partial charge in [-0.25, -0.2) is 4.98 Å². The fourth-order valence-electron chi connectivity index (χ4n) is 5.14. The molecule has 3 aromatic heterocycles. The molecule has 0 aliphatic carbocycles. The van der Waals surface area contributed by atoms with Gasteiger partial charge in [-0.15, -0.1) is 26.3 Å². The lowest BCUT2D eigenvalue weighted by Gasteiger charge is -2.20. The zero-order valence-electron chi connectivity index (χ0n) is 38.6. The van der Waals surface area contributed by atoms with Gasteiger partial charge >= 0.3 is 0 Å². The number of fused-ring (bicyclic) bond motifs is 2. The first-order chi connectivity index (χ1) is 28.3. The van der Waals surface area contributed by atoms with Crippen molar-refractivity contribution in [1.29, 1.82) is 0 Å². The molecule has 4 heterocycles. The quantitative estimate of drug-likeness (QED) is 0.115. The molecule has 1 aliphatic rings. The van der Waals surface area contributed by atoms with Crippen molar-refractivity contribution < 1.29 is 9.84 Å². The third kappa shape index (κ3) is 19.1. The second kappa shape index (κ2) is 38.4. The van der Waals surface area contributed by atoms with E-state index in [0.29, 0.717) is 18.2 Å². The fourth-order valence-corrected chi connectivity index (χ4v) is 5.50. The first kappa shape index (κ1) is 60.6. The van der Waals surface area contributed by atoms with Gasteiger partial charge in [0.25, 0.3) is 0 Å². The minimum Gasteiger partial charge on any atom is -0.490 e. The van der Waals surface area contributed by atoms with Gasteiger partial charge in [0.1, 0.15) is 11.4 Å². The maximum Gasteiger partial charge on any atom is 0.149 e. The molecule has 0 amide bonds. The number of nitrogens with one attached hydrogen (secondary N) is 1. The number of pyridine rings is 3. The molecule has 9 heteroatoms. The van der Waals surface area contributed by atoms with E-state index in [0.717, 1.165) is 61.1 Å². The molecule has 0 bridgehead atoms. The minimum absolute atomic E-state index is 0.0121. The highest BCUT2D eigenvalue weighted by molar-refractivity contribution is 6.34. The molecule has 1 aliphatic heterocycles. The monoisotopic (exact) mass is 838 g/mol. The van der Waals surface area contributed by atoms with E-state index < -0.39 is 0 Å². The molecule has 0 saturated heterocycles. The van der Waals surface area contributed by atoms with Gasteiger partial charge in [0.2, 0.25) is 0 Å². The Bertz CT molecular complexity index is 1750. The highest BCUT2D eigenvalue weighted by Crippen LogP contribution is 2.44. The predicted octanol–water partition coefficient (Wildman–Crippen LogP) is 14.1. The summed E-state index contributed by atoms with van der Waals surface area (Å²) in [6.45, 7) is 41.1. The van der Waals surface area contributed by atoms with E-state index in [1.54, 1.807) is 6.20 Å². The van der Waals surface area contributed by atoms with Gasteiger partial charge in [0, 0.05) is 41.1 Å². The Kier molecular flexibility index (Phi) is 40.1. The molecule has 0 saturated carbocycles. The molecule has 2 aromatic carbocycles. The zero-order chi connectivity index (χ0) is 45.8. The van der Waals surface area contributed by atoms with Crippen LogP contribution in [0.5, 0.6) is 5.75 Å². The first-order valence-electron chi connectivity index (χ1n) is 20.5. The van der Waals surface area contributed by atoms with Crippen LogP contribution in [-0.2, 0) is 0 Å². The number of nitrogens with zero attached hydrogens (tertiary/aromatic N) is 3. The molecule has 324 valence electrons. The van der Waals surface area contributed by atoms with E-state index in [4.69, 9.17) is 32.9 Å². The molecular weight excluding hydrogens is 761 g/mol. The Balaban J connectivity index is -0.000000421. The number of hydrogen-bond acceptors (Lipinski definition) is 7. The largest absolute Gasteiger partial charge is 0.490 e. The number of halogens is 2. The Morgan fingerprint density at radius 1 is 0.793 bits per heavy atom. The standard InChI is InChI=1S/C23H24ClN3O2.C11H10ClN.5C2H6.2C2H4.CH5N/c1-14-12-29-23-18(14)10-20(19(11-25-13-28)16-6-4-3-5-7-16)27-22(23)17-8-9-26-15(2)21(17)24;1-7-3-4-11-9(5-7)6-10(12)8(2)13-11;8*1-2/h3-10,14,19,25,28H,11-13H2,1-2H3;3-6H,1-2H3;5*1-2H3;2*1-2H2;2H2,1H3. The summed E-state index contributed by atoms with van der Waals surface area (Å²) in [5.74, 6) is 1.06. The lowest BCUT2D eigenvalue weighted by molar-refractivity contribution is 0.259. The second-order valence-corrected chi connectivity index (χ2v) is 11.4. The minimum atomic E-state index is -0.0873. The molecule has 5 aromatic rings. The number of benzene rings is 2. The Morgan fingerprint density at radius 2 is 1.36 bits per heavy atom. The van der Waals surface area contributed by atoms with E-state index in [1.807, 2.05) is 119 Å². The molecule has 2 atom stereocenters. The van der Waals surface area contributed by atoms with E-state index in [-0.39, 0.29) is 18.6 Å². The number of ether oxygens (including phenoxy) is 1. The number of rotatable bonds is 6. The van der Waals surface area contributed by atoms with Crippen LogP contribution in [0.15, 0.2) is 99.2 Å². The predicted molar refractivity (Wildman–Crippen MR) is 260 cm³/mol. The molecule has 2 unspecified atom stereocenters. The number of nitrogens with two attached hydrogens (primary N) is 1. The van der Waals surface area contributed by atoms with Gasteiger partial charge in [-0.2, -0.15) is 0 Å². The highest BCUT2D eigenvalue weighted by Gasteiger charge is 2.29. The SMILES string of the molecule is C=C.C=C.CC.CC.CC.CC.CC.CN.Cc1ccc2nc(C)c(Cl)cc2c1.Cc1nccc(-c2nc(C(CNCO)c3ccccc3)cc3c2OCC3C)c1Cl. The maximum atomic E-state index is 9.33. The van der Waals surface area contributed by atoms with E-state index in [1.165, 1.54) is 12.6 Å². The van der Waals surface area contributed by atoms with Crippen LogP contribution in [0.25, 0.3) is 22.2 Å². The number of aryl methyl sites for hydroxylation is 3. The number of aliphatic hydroxyl groups is 1. The number of hydrogen-bond donors (Lipinski definition) is 3. The van der Waals surface area contributed by atoms with Crippen molar-refractivity contribution in [2.45, 2.75) is 109 Å². The van der Waals surface area contributed by atoms with Crippen molar-refractivity contribution in [3.63, 3.8) is 0 Å². The van der Waals surface area contributed by atoms with Gasteiger partial charge in [-0.05, 0) is 63.7 Å². The van der Waals surface area contributed by atoms with Gasteiger partial charge in [0.05, 0.1) is 46.0 Å². The van der Waals surface area contributed by atoms with Gasteiger partial charge in [0.15, 0.2) is 0 Å². The smallest absolute Gasteiger partial charge is 0.149 e. The molecule has 0 fully saturated rings. The van der Waals surface area contributed by atoms with Crippen LogP contribution in [0.2, 0.25) is 10.0 Å². The molecule has 0 radical (unpaired) electrons. The van der Waals surface area contributed by atoms with Crippen molar-refractivity contribution in [3.05, 3.63) is 143 Å². The van der Waals surface area contributed by atoms with Gasteiger partial charge in [-0.3, -0.25) is 15.3 Å². The van der Waals surface area contributed by atoms with Crippen LogP contribution >= 0.6 is 23.2 Å². The van der Waals surface area contributed by atoms with E-state index >= 15 is 0 Å². The van der Waals surface area contributed by atoms with Crippen LogP contribution in [0, 0.1) is 20.8 Å². The van der Waals surface area contributed by atoms with Gasteiger partial charge < -0.3 is 15.6 Å². The summed E-state index contributed by atoms with van der Waals surface area (Å²) in [6.07, 6.45) is 1.75. The molecule has 6 rings (SSSR count). The van der Waals surface area contributed by atoms with E-state index in [9.17, 15) is 5.11 Å². The average molecular weight is 839 g/mol. The molecule has 58 heavy (non-hydrogen) atoms. The van der Waals surface area contributed by atoms with Crippen LogP contribution < -0.4 is 15.8 Å². The van der Waals surface area contributed by atoms with Crippen LogP contribution in [-0.4, -0.2) is 47.0 Å². The molecule has 7 nitrogen and oxygen atoms in total. The third-order valence-electron chi connectivity index (χ3n) is 7.47. The summed E-state index contributed by atoms with van der Waals surface area (Å²) in [5.41, 5.74) is 13.2. The zero-order valence-corrected chi connectivity index (χ0v) is 40.1. The maximum absolute atomic E-state index is 9.33. The van der Waals surface area contributed by atoms with Crippen LogP contribution in [0.4, 0.5) is 0 Å². The van der Waals surface area contributed by atoms with Crippen molar-refractivity contribution in [2.75, 3.05) is 26.9 Å². The Hall–Kier alpha value is -4.11. The van der Waals surface area contributed by atoms with Crippen LogP contribution in [0.3, 0.4) is 0 Å².